The first kappa shape index (κ1) is 16.1. The lowest BCUT2D eigenvalue weighted by molar-refractivity contribution is 0.313. The number of hydrogen-bond donors (Lipinski definition) is 1. The van der Waals surface area contributed by atoms with E-state index >= 15 is 0 Å². The Bertz CT molecular complexity index is 1080. The molecule has 0 unspecified atom stereocenters. The third-order valence-corrected chi connectivity index (χ3v) is 5.14. The van der Waals surface area contributed by atoms with Crippen LogP contribution in [0.2, 0.25) is 0 Å². The number of fused-ring (bicyclic) bond motifs is 3. The number of piperazine rings is 1. The van der Waals surface area contributed by atoms with E-state index in [0.717, 1.165) is 65.4 Å². The highest BCUT2D eigenvalue weighted by molar-refractivity contribution is 6.05. The summed E-state index contributed by atoms with van der Waals surface area (Å²) < 4.78 is 5.83. The van der Waals surface area contributed by atoms with Crippen LogP contribution in [0.15, 0.2) is 59.3 Å². The molecule has 6 heteroatoms. The third-order valence-electron chi connectivity index (χ3n) is 5.14. The van der Waals surface area contributed by atoms with E-state index < -0.39 is 0 Å². The number of aromatic nitrogens is 2. The number of hydrogen-bond acceptors (Lipinski definition) is 6. The molecule has 0 amide bonds. The third kappa shape index (κ3) is 3.08. The van der Waals surface area contributed by atoms with Gasteiger partial charge in [-0.15, -0.1) is 0 Å². The van der Waals surface area contributed by atoms with Crippen molar-refractivity contribution >= 4 is 39.3 Å². The maximum atomic E-state index is 5.83. The molecule has 4 heterocycles. The fourth-order valence-electron chi connectivity index (χ4n) is 3.54. The van der Waals surface area contributed by atoms with Gasteiger partial charge in [-0.2, -0.15) is 0 Å². The Morgan fingerprint density at radius 2 is 1.67 bits per heavy atom. The summed E-state index contributed by atoms with van der Waals surface area (Å²) in [5.74, 6) is 1.54. The van der Waals surface area contributed by atoms with E-state index in [1.807, 2.05) is 36.5 Å². The molecule has 1 N–H and O–H groups in total. The fourth-order valence-corrected chi connectivity index (χ4v) is 3.54. The second kappa shape index (κ2) is 6.55. The first-order valence-corrected chi connectivity index (χ1v) is 9.20. The lowest BCUT2D eigenvalue weighted by Crippen LogP contribution is -2.44. The first-order chi connectivity index (χ1) is 13.3. The lowest BCUT2D eigenvalue weighted by Gasteiger charge is -2.33. The minimum absolute atomic E-state index is 0.758. The van der Waals surface area contributed by atoms with E-state index in [2.05, 4.69) is 44.3 Å². The Balaban J connectivity index is 1.37. The van der Waals surface area contributed by atoms with Gasteiger partial charge in [0.2, 0.25) is 0 Å². The topological polar surface area (TPSA) is 57.4 Å². The summed E-state index contributed by atoms with van der Waals surface area (Å²) >= 11 is 0. The number of nitrogens with one attached hydrogen (secondary N) is 1. The molecule has 6 nitrogen and oxygen atoms in total. The number of rotatable bonds is 3. The smallest absolute Gasteiger partial charge is 0.153 e. The molecule has 3 aromatic heterocycles. The fraction of sp³-hybridized carbons (Fsp3) is 0.238. The maximum absolute atomic E-state index is 5.83. The summed E-state index contributed by atoms with van der Waals surface area (Å²) in [7, 11) is 2.16. The summed E-state index contributed by atoms with van der Waals surface area (Å²) in [6.07, 6.45) is 3.69. The Morgan fingerprint density at radius 3 is 2.48 bits per heavy atom. The van der Waals surface area contributed by atoms with Crippen molar-refractivity contribution < 1.29 is 4.42 Å². The largest absolute Gasteiger partial charge is 0.454 e. The molecule has 1 saturated heterocycles. The molecule has 0 aliphatic carbocycles. The molecular formula is C21H21N5O. The summed E-state index contributed by atoms with van der Waals surface area (Å²) in [6.45, 7) is 4.25. The Kier molecular flexibility index (Phi) is 3.90. The first-order valence-electron chi connectivity index (χ1n) is 9.20. The zero-order valence-electron chi connectivity index (χ0n) is 15.2. The number of furan rings is 1. The summed E-state index contributed by atoms with van der Waals surface area (Å²) in [5, 5.41) is 5.44. The van der Waals surface area contributed by atoms with Gasteiger partial charge in [0.15, 0.2) is 5.58 Å². The van der Waals surface area contributed by atoms with Crippen LogP contribution in [0.25, 0.3) is 21.9 Å². The molecule has 4 aromatic rings. The number of benzene rings is 1. The number of anilines is 3. The molecular weight excluding hydrogens is 338 g/mol. The van der Waals surface area contributed by atoms with Crippen molar-refractivity contribution in [3.8, 4) is 0 Å². The molecule has 5 rings (SSSR count). The van der Waals surface area contributed by atoms with Crippen LogP contribution < -0.4 is 10.2 Å². The Morgan fingerprint density at radius 1 is 0.852 bits per heavy atom. The molecule has 27 heavy (non-hydrogen) atoms. The summed E-state index contributed by atoms with van der Waals surface area (Å²) in [5.41, 5.74) is 2.83. The molecule has 1 aliphatic heterocycles. The molecule has 1 fully saturated rings. The van der Waals surface area contributed by atoms with Crippen molar-refractivity contribution in [2.75, 3.05) is 43.4 Å². The van der Waals surface area contributed by atoms with Gasteiger partial charge in [-0.25, -0.2) is 9.97 Å². The predicted octanol–water partition coefficient (Wildman–Crippen LogP) is 3.87. The highest BCUT2D eigenvalue weighted by Gasteiger charge is 2.14. The molecule has 0 radical (unpaired) electrons. The Labute approximate surface area is 157 Å². The van der Waals surface area contributed by atoms with Gasteiger partial charge in [-0.05, 0) is 31.3 Å². The van der Waals surface area contributed by atoms with Gasteiger partial charge in [-0.3, -0.25) is 0 Å². The predicted molar refractivity (Wildman–Crippen MR) is 109 cm³/mol. The van der Waals surface area contributed by atoms with Gasteiger partial charge in [0.25, 0.3) is 0 Å². The molecule has 0 saturated carbocycles. The number of nitrogens with zero attached hydrogens (tertiary/aromatic N) is 4. The van der Waals surface area contributed by atoms with Crippen molar-refractivity contribution in [1.29, 1.82) is 0 Å². The molecule has 1 aromatic carbocycles. The van der Waals surface area contributed by atoms with Crippen molar-refractivity contribution in [3.63, 3.8) is 0 Å². The minimum Gasteiger partial charge on any atom is -0.454 e. The van der Waals surface area contributed by atoms with Crippen LogP contribution in [0.3, 0.4) is 0 Å². The summed E-state index contributed by atoms with van der Waals surface area (Å²) in [6, 6.07) is 14.2. The van der Waals surface area contributed by atoms with Crippen molar-refractivity contribution in [2.24, 2.45) is 0 Å². The van der Waals surface area contributed by atoms with Crippen LogP contribution >= 0.6 is 0 Å². The van der Waals surface area contributed by atoms with Crippen LogP contribution in [0.4, 0.5) is 17.3 Å². The maximum Gasteiger partial charge on any atom is 0.153 e. The number of likely N-dealkylation sites (N-methyl/N-ethyl adjacent to an activating group) is 1. The number of para-hydroxylation sites is 1. The van der Waals surface area contributed by atoms with Crippen LogP contribution in [-0.2, 0) is 0 Å². The standard InChI is InChI=1S/C21H21N5O/c1-25-8-10-26(11-9-25)15-6-7-20(22-13-15)24-21-12-17-16-4-2-3-5-18(16)27-19(17)14-23-21/h2-7,12-14H,8-11H2,1H3,(H,22,23,24). The SMILES string of the molecule is CN1CCN(c2ccc(Nc3cc4c(cn3)oc3ccccc34)nc2)CC1. The number of pyridine rings is 2. The van der Waals surface area contributed by atoms with Crippen LogP contribution in [-0.4, -0.2) is 48.1 Å². The average Bonchev–Trinajstić information content (AvgIpc) is 3.07. The van der Waals surface area contributed by atoms with Crippen LogP contribution in [0.1, 0.15) is 0 Å². The Hall–Kier alpha value is -3.12. The van der Waals surface area contributed by atoms with Crippen molar-refractivity contribution in [3.05, 3.63) is 54.9 Å². The van der Waals surface area contributed by atoms with E-state index in [4.69, 9.17) is 4.42 Å². The lowest BCUT2D eigenvalue weighted by atomic mass is 10.2. The minimum atomic E-state index is 0.758. The molecule has 0 spiro atoms. The monoisotopic (exact) mass is 359 g/mol. The van der Waals surface area contributed by atoms with Gasteiger partial charge in [0.1, 0.15) is 17.2 Å². The highest BCUT2D eigenvalue weighted by Crippen LogP contribution is 2.30. The highest BCUT2D eigenvalue weighted by atomic mass is 16.3. The molecule has 136 valence electrons. The van der Waals surface area contributed by atoms with E-state index in [1.165, 1.54) is 0 Å². The van der Waals surface area contributed by atoms with E-state index in [1.54, 1.807) is 6.20 Å². The molecule has 0 atom stereocenters. The van der Waals surface area contributed by atoms with Gasteiger partial charge in [0.05, 0.1) is 18.1 Å². The van der Waals surface area contributed by atoms with Gasteiger partial charge in [-0.1, -0.05) is 18.2 Å². The van der Waals surface area contributed by atoms with E-state index in [-0.39, 0.29) is 0 Å². The molecule has 1 aliphatic rings. The van der Waals surface area contributed by atoms with E-state index in [9.17, 15) is 0 Å². The zero-order valence-corrected chi connectivity index (χ0v) is 15.2. The van der Waals surface area contributed by atoms with Gasteiger partial charge in [0, 0.05) is 37.0 Å². The average molecular weight is 359 g/mol. The van der Waals surface area contributed by atoms with Crippen molar-refractivity contribution in [1.82, 2.24) is 14.9 Å². The quantitative estimate of drug-likeness (QED) is 0.599. The van der Waals surface area contributed by atoms with E-state index in [0.29, 0.717) is 0 Å². The summed E-state index contributed by atoms with van der Waals surface area (Å²) in [4.78, 5) is 13.7. The van der Waals surface area contributed by atoms with Crippen LogP contribution in [0.5, 0.6) is 0 Å². The molecule has 0 bridgehead atoms. The van der Waals surface area contributed by atoms with Gasteiger partial charge < -0.3 is 19.5 Å². The van der Waals surface area contributed by atoms with Crippen molar-refractivity contribution in [2.45, 2.75) is 0 Å². The second-order valence-electron chi connectivity index (χ2n) is 6.98. The van der Waals surface area contributed by atoms with Gasteiger partial charge >= 0.3 is 0 Å². The second-order valence-corrected chi connectivity index (χ2v) is 6.98. The zero-order chi connectivity index (χ0) is 18.2. The normalized spacial score (nSPS) is 15.5. The van der Waals surface area contributed by atoms with Crippen LogP contribution in [0, 0.1) is 0 Å².